The van der Waals surface area contributed by atoms with Crippen molar-refractivity contribution in [3.05, 3.63) is 46.0 Å². The minimum absolute atomic E-state index is 0.0636. The van der Waals surface area contributed by atoms with E-state index in [9.17, 15) is 4.79 Å². The summed E-state index contributed by atoms with van der Waals surface area (Å²) >= 11 is 0. The summed E-state index contributed by atoms with van der Waals surface area (Å²) in [6.07, 6.45) is 3.58. The molecule has 0 unspecified atom stereocenters. The minimum atomic E-state index is -0.0636. The van der Waals surface area contributed by atoms with Crippen LogP contribution >= 0.6 is 0 Å². The fourth-order valence-corrected chi connectivity index (χ4v) is 2.83. The van der Waals surface area contributed by atoms with Gasteiger partial charge >= 0.3 is 0 Å². The highest BCUT2D eigenvalue weighted by atomic mass is 16.1. The van der Waals surface area contributed by atoms with Gasteiger partial charge in [0, 0.05) is 36.8 Å². The average molecular weight is 285 g/mol. The van der Waals surface area contributed by atoms with Crippen molar-refractivity contribution in [2.24, 2.45) is 0 Å². The van der Waals surface area contributed by atoms with Gasteiger partial charge in [-0.05, 0) is 26.7 Å². The monoisotopic (exact) mass is 285 g/mol. The molecule has 0 atom stereocenters. The molecule has 0 aliphatic carbocycles. The lowest BCUT2D eigenvalue weighted by Gasteiger charge is -2.32. The molecule has 1 aliphatic heterocycles. The van der Waals surface area contributed by atoms with Crippen molar-refractivity contribution in [3.8, 4) is 0 Å². The molecule has 6 nitrogen and oxygen atoms in total. The van der Waals surface area contributed by atoms with Crippen molar-refractivity contribution in [3.63, 3.8) is 0 Å². The van der Waals surface area contributed by atoms with Gasteiger partial charge in [0.05, 0.1) is 5.69 Å². The molecule has 0 amide bonds. The van der Waals surface area contributed by atoms with E-state index in [1.165, 1.54) is 0 Å². The molecule has 110 valence electrons. The fourth-order valence-electron chi connectivity index (χ4n) is 2.83. The molecule has 2 aromatic heterocycles. The second-order valence-electron chi connectivity index (χ2n) is 5.53. The summed E-state index contributed by atoms with van der Waals surface area (Å²) < 4.78 is 0. The minimum Gasteiger partial charge on any atom is -0.356 e. The molecule has 0 bridgehead atoms. The molecule has 2 aromatic rings. The normalized spacial score (nSPS) is 16.2. The lowest BCUT2D eigenvalue weighted by molar-refractivity contribution is 0.491. The van der Waals surface area contributed by atoms with Crippen LogP contribution in [0.5, 0.6) is 0 Å². The summed E-state index contributed by atoms with van der Waals surface area (Å²) in [6, 6.07) is 3.64. The van der Waals surface area contributed by atoms with Crippen LogP contribution in [0.3, 0.4) is 0 Å². The lowest BCUT2D eigenvalue weighted by Crippen LogP contribution is -2.34. The van der Waals surface area contributed by atoms with E-state index in [0.717, 1.165) is 43.1 Å². The largest absolute Gasteiger partial charge is 0.356 e. The molecule has 0 spiro atoms. The van der Waals surface area contributed by atoms with Crippen LogP contribution in [0.4, 0.5) is 5.82 Å². The molecule has 0 aromatic carbocycles. The second-order valence-corrected chi connectivity index (χ2v) is 5.53. The third-order valence-corrected chi connectivity index (χ3v) is 3.91. The smallest absolute Gasteiger partial charge is 0.251 e. The molecule has 0 radical (unpaired) electrons. The van der Waals surface area contributed by atoms with E-state index in [-0.39, 0.29) is 5.56 Å². The summed E-state index contributed by atoms with van der Waals surface area (Å²) in [5.41, 5.74) is 1.83. The predicted molar refractivity (Wildman–Crippen MR) is 80.6 cm³/mol. The van der Waals surface area contributed by atoms with Crippen LogP contribution in [0.1, 0.15) is 36.0 Å². The highest BCUT2D eigenvalue weighted by Crippen LogP contribution is 2.28. The first-order chi connectivity index (χ1) is 10.1. The Morgan fingerprint density at radius 2 is 1.95 bits per heavy atom. The first-order valence-corrected chi connectivity index (χ1v) is 7.23. The number of piperidine rings is 1. The van der Waals surface area contributed by atoms with Gasteiger partial charge in [0.25, 0.3) is 5.56 Å². The van der Waals surface area contributed by atoms with Crippen LogP contribution in [0, 0.1) is 13.8 Å². The number of nitrogens with zero attached hydrogens (tertiary/aromatic N) is 4. The number of aromatic nitrogens is 4. The number of rotatable bonds is 2. The number of hydrogen-bond donors (Lipinski definition) is 1. The van der Waals surface area contributed by atoms with E-state index < -0.39 is 0 Å². The van der Waals surface area contributed by atoms with Gasteiger partial charge in [-0.3, -0.25) is 4.79 Å². The van der Waals surface area contributed by atoms with Crippen molar-refractivity contribution in [2.45, 2.75) is 32.6 Å². The maximum Gasteiger partial charge on any atom is 0.251 e. The molecular weight excluding hydrogens is 266 g/mol. The molecule has 21 heavy (non-hydrogen) atoms. The highest BCUT2D eigenvalue weighted by Gasteiger charge is 2.23. The number of nitrogens with one attached hydrogen (secondary N) is 1. The number of aryl methyl sites for hydroxylation is 2. The molecule has 3 rings (SSSR count). The maximum atomic E-state index is 11.6. The van der Waals surface area contributed by atoms with E-state index in [2.05, 4.69) is 24.8 Å². The van der Waals surface area contributed by atoms with Crippen molar-refractivity contribution >= 4 is 5.82 Å². The first kappa shape index (κ1) is 13.7. The second kappa shape index (κ2) is 5.63. The molecule has 1 aliphatic rings. The van der Waals surface area contributed by atoms with E-state index in [1.54, 1.807) is 12.4 Å². The first-order valence-electron chi connectivity index (χ1n) is 7.23. The predicted octanol–water partition coefficient (Wildman–Crippen LogP) is 1.56. The average Bonchev–Trinajstić information content (AvgIpc) is 2.46. The van der Waals surface area contributed by atoms with Crippen molar-refractivity contribution in [1.29, 1.82) is 0 Å². The van der Waals surface area contributed by atoms with Gasteiger partial charge in [0.2, 0.25) is 0 Å². The van der Waals surface area contributed by atoms with Gasteiger partial charge in [0.1, 0.15) is 18.0 Å². The van der Waals surface area contributed by atoms with Gasteiger partial charge < -0.3 is 9.88 Å². The summed E-state index contributed by atoms with van der Waals surface area (Å²) in [4.78, 5) is 29.5. The quantitative estimate of drug-likeness (QED) is 0.906. The van der Waals surface area contributed by atoms with Gasteiger partial charge in [0.15, 0.2) is 0 Å². The number of hydrogen-bond acceptors (Lipinski definition) is 5. The maximum absolute atomic E-state index is 11.6. The summed E-state index contributed by atoms with van der Waals surface area (Å²) in [5, 5.41) is 0. The summed E-state index contributed by atoms with van der Waals surface area (Å²) in [7, 11) is 0. The Morgan fingerprint density at radius 3 is 2.62 bits per heavy atom. The molecule has 1 fully saturated rings. The Bertz CT molecular complexity index is 688. The van der Waals surface area contributed by atoms with Crippen LogP contribution < -0.4 is 10.5 Å². The van der Waals surface area contributed by atoms with E-state index in [4.69, 9.17) is 0 Å². The van der Waals surface area contributed by atoms with Gasteiger partial charge in [-0.15, -0.1) is 0 Å². The van der Waals surface area contributed by atoms with Crippen molar-refractivity contribution in [1.82, 2.24) is 19.9 Å². The summed E-state index contributed by atoms with van der Waals surface area (Å²) in [5.74, 6) is 2.02. The number of anilines is 1. The molecule has 0 saturated carbocycles. The van der Waals surface area contributed by atoms with Crippen LogP contribution in [0.25, 0.3) is 0 Å². The third kappa shape index (κ3) is 3.09. The Hall–Kier alpha value is -2.24. The standard InChI is InChI=1S/C15H19N5O/c1-10-7-14(17-9-16-10)20-5-3-12(4-6-20)13-8-15(21)19-11(2)18-13/h7-9,12H,3-6H2,1-2H3,(H,18,19,21). The van der Waals surface area contributed by atoms with Gasteiger partial charge in [-0.2, -0.15) is 0 Å². The van der Waals surface area contributed by atoms with Crippen molar-refractivity contribution in [2.75, 3.05) is 18.0 Å². The third-order valence-electron chi connectivity index (χ3n) is 3.91. The molecule has 6 heteroatoms. The van der Waals surface area contributed by atoms with Crippen LogP contribution in [-0.2, 0) is 0 Å². The van der Waals surface area contributed by atoms with Gasteiger partial charge in [-0.25, -0.2) is 15.0 Å². The Balaban J connectivity index is 1.71. The zero-order chi connectivity index (χ0) is 14.8. The molecular formula is C15H19N5O. The van der Waals surface area contributed by atoms with Crippen LogP contribution in [-0.4, -0.2) is 33.0 Å². The lowest BCUT2D eigenvalue weighted by atomic mass is 9.93. The molecule has 3 heterocycles. The molecule has 1 saturated heterocycles. The van der Waals surface area contributed by atoms with E-state index >= 15 is 0 Å². The number of aromatic amines is 1. The van der Waals surface area contributed by atoms with E-state index in [0.29, 0.717) is 11.7 Å². The van der Waals surface area contributed by atoms with Crippen LogP contribution in [0.2, 0.25) is 0 Å². The van der Waals surface area contributed by atoms with Crippen LogP contribution in [0.15, 0.2) is 23.3 Å². The zero-order valence-corrected chi connectivity index (χ0v) is 12.3. The Kier molecular flexibility index (Phi) is 3.68. The fraction of sp³-hybridized carbons (Fsp3) is 0.467. The highest BCUT2D eigenvalue weighted by molar-refractivity contribution is 5.39. The van der Waals surface area contributed by atoms with E-state index in [1.807, 2.05) is 19.9 Å². The Labute approximate surface area is 123 Å². The van der Waals surface area contributed by atoms with Gasteiger partial charge in [-0.1, -0.05) is 0 Å². The van der Waals surface area contributed by atoms with Crippen molar-refractivity contribution < 1.29 is 0 Å². The topological polar surface area (TPSA) is 74.8 Å². The Morgan fingerprint density at radius 1 is 1.19 bits per heavy atom. The zero-order valence-electron chi connectivity index (χ0n) is 12.3. The number of H-pyrrole nitrogens is 1. The summed E-state index contributed by atoms with van der Waals surface area (Å²) in [6.45, 7) is 5.65. The molecule has 1 N–H and O–H groups in total. The SMILES string of the molecule is Cc1cc(N2CCC(c3cc(=O)[nH]c(C)n3)CC2)ncn1.